The first kappa shape index (κ1) is 27.7. The van der Waals surface area contributed by atoms with Crippen molar-refractivity contribution in [3.05, 3.63) is 90.0 Å². The lowest BCUT2D eigenvalue weighted by atomic mass is 9.93. The summed E-state index contributed by atoms with van der Waals surface area (Å²) in [6, 6.07) is 17.1. The second-order valence-corrected chi connectivity index (χ2v) is 13.0. The van der Waals surface area contributed by atoms with Gasteiger partial charge in [-0.05, 0) is 73.2 Å². The van der Waals surface area contributed by atoms with Crippen molar-refractivity contribution in [1.29, 1.82) is 0 Å². The second-order valence-electron chi connectivity index (χ2n) is 9.09. The van der Waals surface area contributed by atoms with Gasteiger partial charge in [0.1, 0.15) is 0 Å². The van der Waals surface area contributed by atoms with E-state index in [4.69, 9.17) is 0 Å². The van der Waals surface area contributed by atoms with E-state index >= 15 is 0 Å². The third-order valence-electron chi connectivity index (χ3n) is 6.11. The van der Waals surface area contributed by atoms with Gasteiger partial charge in [0, 0.05) is 23.9 Å². The number of rotatable bonds is 7. The molecule has 0 saturated heterocycles. The van der Waals surface area contributed by atoms with E-state index in [1.165, 1.54) is 52.8 Å². The Morgan fingerprint density at radius 2 is 1.45 bits per heavy atom. The molecule has 3 aromatic rings. The molecule has 200 valence electrons. The number of anilines is 1. The molecule has 0 spiro atoms. The van der Waals surface area contributed by atoms with Gasteiger partial charge in [0.05, 0.1) is 15.5 Å². The van der Waals surface area contributed by atoms with Gasteiger partial charge in [-0.25, -0.2) is 16.8 Å². The molecule has 1 atom stereocenters. The van der Waals surface area contributed by atoms with Gasteiger partial charge in [-0.1, -0.05) is 36.3 Å². The molecule has 11 heteroatoms. The van der Waals surface area contributed by atoms with Crippen LogP contribution in [0, 0.1) is 17.8 Å². The highest BCUT2D eigenvalue weighted by molar-refractivity contribution is 7.92. The lowest BCUT2D eigenvalue weighted by Crippen LogP contribution is -2.41. The van der Waals surface area contributed by atoms with E-state index in [2.05, 4.69) is 5.92 Å². The van der Waals surface area contributed by atoms with Crippen LogP contribution in [0.2, 0.25) is 0 Å². The van der Waals surface area contributed by atoms with Gasteiger partial charge in [-0.3, -0.25) is 4.31 Å². The molecule has 1 N–H and O–H groups in total. The summed E-state index contributed by atoms with van der Waals surface area (Å²) in [4.78, 5) is 0.0372. The molecule has 0 bridgehead atoms. The lowest BCUT2D eigenvalue weighted by Gasteiger charge is -2.28. The van der Waals surface area contributed by atoms with Gasteiger partial charge in [-0.15, -0.1) is 0 Å². The maximum Gasteiger partial charge on any atom is 0.433 e. The summed E-state index contributed by atoms with van der Waals surface area (Å²) in [5, 5.41) is 10.7. The van der Waals surface area contributed by atoms with Crippen LogP contribution in [-0.4, -0.2) is 40.9 Å². The van der Waals surface area contributed by atoms with Gasteiger partial charge in [0.15, 0.2) is 9.84 Å². The number of benzene rings is 3. The maximum atomic E-state index is 14.0. The predicted molar refractivity (Wildman–Crippen MR) is 137 cm³/mol. The number of hydrogen-bond donors (Lipinski definition) is 1. The molecule has 0 radical (unpaired) electrons. The number of sulfonamides is 1. The molecule has 1 aliphatic rings. The van der Waals surface area contributed by atoms with Crippen molar-refractivity contribution in [3.63, 3.8) is 0 Å². The largest absolute Gasteiger partial charge is 0.433 e. The minimum Gasteiger partial charge on any atom is -0.366 e. The molecular formula is C27H24F3NO5S2. The Bertz CT molecular complexity index is 1570. The molecule has 0 amide bonds. The van der Waals surface area contributed by atoms with Crippen LogP contribution in [0.1, 0.15) is 24.0 Å². The van der Waals surface area contributed by atoms with Crippen LogP contribution in [0.15, 0.2) is 88.7 Å². The molecule has 1 unspecified atom stereocenters. The molecule has 1 aliphatic carbocycles. The van der Waals surface area contributed by atoms with Gasteiger partial charge in [-0.2, -0.15) is 13.2 Å². The Kier molecular flexibility index (Phi) is 7.36. The minimum atomic E-state index is -5.18. The van der Waals surface area contributed by atoms with E-state index in [1.807, 2.05) is 5.92 Å². The van der Waals surface area contributed by atoms with Crippen LogP contribution in [0.4, 0.5) is 18.9 Å². The summed E-state index contributed by atoms with van der Waals surface area (Å²) in [5.41, 5.74) is -3.90. The summed E-state index contributed by atoms with van der Waals surface area (Å²) in [6.07, 6.45) is -2.48. The second kappa shape index (κ2) is 10.1. The number of alkyl halides is 3. The molecule has 38 heavy (non-hydrogen) atoms. The summed E-state index contributed by atoms with van der Waals surface area (Å²) in [5.74, 6) is 4.29. The molecule has 0 heterocycles. The fourth-order valence-electron chi connectivity index (χ4n) is 3.72. The number of hydrogen-bond acceptors (Lipinski definition) is 5. The van der Waals surface area contributed by atoms with Crippen molar-refractivity contribution in [2.24, 2.45) is 5.92 Å². The van der Waals surface area contributed by atoms with Gasteiger partial charge >= 0.3 is 6.18 Å². The molecule has 1 saturated carbocycles. The SMILES string of the molecule is CS(=O)(=O)c1ccc(C#CC(O)(c2ccc(N(CC3CC3)S(=O)(=O)c3ccccc3)cc2)C(F)(F)F)cc1. The molecule has 0 aliphatic heterocycles. The zero-order valence-corrected chi connectivity index (χ0v) is 21.8. The number of halogens is 3. The molecule has 0 aromatic heterocycles. The first-order valence-corrected chi connectivity index (χ1v) is 14.9. The zero-order valence-electron chi connectivity index (χ0n) is 20.2. The number of sulfone groups is 1. The van der Waals surface area contributed by atoms with Crippen molar-refractivity contribution < 1.29 is 35.1 Å². The normalized spacial score (nSPS) is 15.7. The van der Waals surface area contributed by atoms with Crippen molar-refractivity contribution in [3.8, 4) is 11.8 Å². The Morgan fingerprint density at radius 3 is 1.95 bits per heavy atom. The number of aliphatic hydroxyl groups is 1. The standard InChI is InChI=1S/C27H24F3NO5S2/c1-37(33,34)24-15-9-20(10-16-24)17-18-26(32,27(28,29)30)22-11-13-23(14-12-22)31(19-21-7-8-21)38(35,36)25-5-3-2-4-6-25/h2-6,9-16,21,32H,7-8,19H2,1H3. The van der Waals surface area contributed by atoms with E-state index in [9.17, 15) is 35.1 Å². The predicted octanol–water partition coefficient (Wildman–Crippen LogP) is 4.50. The fraction of sp³-hybridized carbons (Fsp3) is 0.259. The molecule has 1 fully saturated rings. The summed E-state index contributed by atoms with van der Waals surface area (Å²) in [7, 11) is -7.47. The highest BCUT2D eigenvalue weighted by Gasteiger charge is 2.54. The average Bonchev–Trinajstić information content (AvgIpc) is 3.70. The van der Waals surface area contributed by atoms with Crippen molar-refractivity contribution in [2.45, 2.75) is 34.4 Å². The Hall–Kier alpha value is -3.33. The number of nitrogens with zero attached hydrogens (tertiary/aromatic N) is 1. The summed E-state index contributed by atoms with van der Waals surface area (Å²) in [6.45, 7) is 0.184. The van der Waals surface area contributed by atoms with Gasteiger partial charge in [0.2, 0.25) is 5.60 Å². The summed E-state index contributed by atoms with van der Waals surface area (Å²) < 4.78 is 93.1. The Balaban J connectivity index is 1.69. The Labute approximate surface area is 219 Å². The van der Waals surface area contributed by atoms with Crippen LogP contribution in [0.5, 0.6) is 0 Å². The lowest BCUT2D eigenvalue weighted by molar-refractivity contribution is -0.240. The smallest absolute Gasteiger partial charge is 0.366 e. The van der Waals surface area contributed by atoms with Crippen LogP contribution >= 0.6 is 0 Å². The zero-order chi connectivity index (χ0) is 27.8. The van der Waals surface area contributed by atoms with Crippen LogP contribution in [0.3, 0.4) is 0 Å². The fourth-order valence-corrected chi connectivity index (χ4v) is 5.91. The van der Waals surface area contributed by atoms with Crippen LogP contribution < -0.4 is 4.31 Å². The first-order valence-electron chi connectivity index (χ1n) is 11.5. The maximum absolute atomic E-state index is 14.0. The van der Waals surface area contributed by atoms with Gasteiger partial charge < -0.3 is 5.11 Å². The highest BCUT2D eigenvalue weighted by Crippen LogP contribution is 2.40. The van der Waals surface area contributed by atoms with Crippen molar-refractivity contribution in [2.75, 3.05) is 17.1 Å². The molecular weight excluding hydrogens is 539 g/mol. The quantitative estimate of drug-likeness (QED) is 0.428. The van der Waals surface area contributed by atoms with Crippen LogP contribution in [-0.2, 0) is 25.5 Å². The third kappa shape index (κ3) is 5.88. The van der Waals surface area contributed by atoms with E-state index in [0.29, 0.717) is 0 Å². The minimum absolute atomic E-state index is 0.0223. The van der Waals surface area contributed by atoms with Crippen molar-refractivity contribution >= 4 is 25.5 Å². The van der Waals surface area contributed by atoms with E-state index in [1.54, 1.807) is 18.2 Å². The topological polar surface area (TPSA) is 91.8 Å². The van der Waals surface area contributed by atoms with Crippen molar-refractivity contribution in [1.82, 2.24) is 0 Å². The monoisotopic (exact) mass is 563 g/mol. The molecule has 4 rings (SSSR count). The van der Waals surface area contributed by atoms with E-state index < -0.39 is 37.2 Å². The average molecular weight is 564 g/mol. The summed E-state index contributed by atoms with van der Waals surface area (Å²) >= 11 is 0. The first-order chi connectivity index (χ1) is 17.7. The Morgan fingerprint density at radius 1 is 0.868 bits per heavy atom. The van der Waals surface area contributed by atoms with E-state index in [-0.39, 0.29) is 33.5 Å². The van der Waals surface area contributed by atoms with Gasteiger partial charge in [0.25, 0.3) is 10.0 Å². The van der Waals surface area contributed by atoms with E-state index in [0.717, 1.165) is 31.2 Å². The molecule has 3 aromatic carbocycles. The third-order valence-corrected chi connectivity index (χ3v) is 9.04. The highest BCUT2D eigenvalue weighted by atomic mass is 32.2. The molecule has 6 nitrogen and oxygen atoms in total. The van der Waals surface area contributed by atoms with Crippen LogP contribution in [0.25, 0.3) is 0 Å².